The Balaban J connectivity index is 2.01. The smallest absolute Gasteiger partial charge is 0.107 e. The summed E-state index contributed by atoms with van der Waals surface area (Å²) >= 11 is 0. The summed E-state index contributed by atoms with van der Waals surface area (Å²) in [5, 5.41) is 3.58. The van der Waals surface area contributed by atoms with E-state index in [1.807, 2.05) is 12.3 Å². The standard InChI is InChI=1S/C15H25NO/c1-11(2)16-10-13-7-6-12(3)9-14(13)15-5-4-8-17-15/h4-5,8,11-14,16H,6-7,9-10H2,1-3H3. The summed E-state index contributed by atoms with van der Waals surface area (Å²) in [5.41, 5.74) is 0. The van der Waals surface area contributed by atoms with Gasteiger partial charge in [0.1, 0.15) is 5.76 Å². The van der Waals surface area contributed by atoms with Gasteiger partial charge in [0.2, 0.25) is 0 Å². The number of nitrogens with one attached hydrogen (secondary N) is 1. The SMILES string of the molecule is CC1CCC(CNC(C)C)C(c2ccco2)C1. The third-order valence-electron chi connectivity index (χ3n) is 3.95. The molecule has 2 rings (SSSR count). The first-order valence-electron chi connectivity index (χ1n) is 6.93. The molecule has 1 aromatic heterocycles. The second-order valence-electron chi connectivity index (χ2n) is 5.86. The quantitative estimate of drug-likeness (QED) is 0.858. The van der Waals surface area contributed by atoms with Crippen molar-refractivity contribution in [3.05, 3.63) is 24.2 Å². The molecule has 0 aliphatic heterocycles. The fraction of sp³-hybridized carbons (Fsp3) is 0.733. The molecule has 1 fully saturated rings. The first-order chi connectivity index (χ1) is 8.16. The molecule has 17 heavy (non-hydrogen) atoms. The van der Waals surface area contributed by atoms with Crippen LogP contribution in [-0.4, -0.2) is 12.6 Å². The molecule has 0 aromatic carbocycles. The highest BCUT2D eigenvalue weighted by molar-refractivity contribution is 5.09. The van der Waals surface area contributed by atoms with Crippen LogP contribution < -0.4 is 5.32 Å². The van der Waals surface area contributed by atoms with Crippen LogP contribution in [0.4, 0.5) is 0 Å². The Kier molecular flexibility index (Phi) is 4.27. The minimum atomic E-state index is 0.576. The molecular weight excluding hydrogens is 210 g/mol. The maximum absolute atomic E-state index is 5.63. The van der Waals surface area contributed by atoms with E-state index in [2.05, 4.69) is 32.2 Å². The first-order valence-corrected chi connectivity index (χ1v) is 6.93. The zero-order valence-corrected chi connectivity index (χ0v) is 11.3. The summed E-state index contributed by atoms with van der Waals surface area (Å²) in [6.45, 7) is 7.92. The molecule has 3 atom stereocenters. The Bertz CT molecular complexity index is 318. The first kappa shape index (κ1) is 12.7. The fourth-order valence-electron chi connectivity index (χ4n) is 2.93. The van der Waals surface area contributed by atoms with Gasteiger partial charge < -0.3 is 9.73 Å². The van der Waals surface area contributed by atoms with Gasteiger partial charge in [-0.3, -0.25) is 0 Å². The van der Waals surface area contributed by atoms with Crippen molar-refractivity contribution < 1.29 is 4.42 Å². The van der Waals surface area contributed by atoms with Crippen molar-refractivity contribution in [3.8, 4) is 0 Å². The highest BCUT2D eigenvalue weighted by Gasteiger charge is 2.31. The van der Waals surface area contributed by atoms with Crippen molar-refractivity contribution in [1.82, 2.24) is 5.32 Å². The minimum absolute atomic E-state index is 0.576. The van der Waals surface area contributed by atoms with Crippen molar-refractivity contribution in [3.63, 3.8) is 0 Å². The van der Waals surface area contributed by atoms with Crippen LogP contribution in [0.25, 0.3) is 0 Å². The largest absolute Gasteiger partial charge is 0.469 e. The zero-order valence-electron chi connectivity index (χ0n) is 11.3. The van der Waals surface area contributed by atoms with Crippen molar-refractivity contribution in [2.75, 3.05) is 6.54 Å². The van der Waals surface area contributed by atoms with Crippen LogP contribution in [0.15, 0.2) is 22.8 Å². The average Bonchev–Trinajstić information content (AvgIpc) is 2.80. The Morgan fingerprint density at radius 3 is 2.88 bits per heavy atom. The topological polar surface area (TPSA) is 25.2 Å². The Hall–Kier alpha value is -0.760. The van der Waals surface area contributed by atoms with Crippen LogP contribution in [0, 0.1) is 11.8 Å². The Labute approximate surface area is 105 Å². The van der Waals surface area contributed by atoms with E-state index in [1.165, 1.54) is 25.0 Å². The normalized spacial score (nSPS) is 29.8. The number of rotatable bonds is 4. The molecule has 96 valence electrons. The zero-order chi connectivity index (χ0) is 12.3. The van der Waals surface area contributed by atoms with Gasteiger partial charge in [-0.2, -0.15) is 0 Å². The van der Waals surface area contributed by atoms with Gasteiger partial charge in [0.05, 0.1) is 6.26 Å². The predicted molar refractivity (Wildman–Crippen MR) is 71.1 cm³/mol. The molecule has 0 spiro atoms. The summed E-state index contributed by atoms with van der Waals surface area (Å²) in [7, 11) is 0. The minimum Gasteiger partial charge on any atom is -0.469 e. The highest BCUT2D eigenvalue weighted by atomic mass is 16.3. The fourth-order valence-corrected chi connectivity index (χ4v) is 2.93. The van der Waals surface area contributed by atoms with E-state index in [0.717, 1.165) is 18.4 Å². The molecule has 0 bridgehead atoms. The molecule has 0 amide bonds. The molecular formula is C15H25NO. The van der Waals surface area contributed by atoms with Gasteiger partial charge in [-0.15, -0.1) is 0 Å². The number of furan rings is 1. The van der Waals surface area contributed by atoms with Crippen molar-refractivity contribution in [1.29, 1.82) is 0 Å². The summed E-state index contributed by atoms with van der Waals surface area (Å²) in [5.74, 6) is 3.37. The van der Waals surface area contributed by atoms with Crippen LogP contribution in [0.1, 0.15) is 51.7 Å². The van der Waals surface area contributed by atoms with E-state index in [4.69, 9.17) is 4.42 Å². The molecule has 0 saturated heterocycles. The molecule has 2 nitrogen and oxygen atoms in total. The van der Waals surface area contributed by atoms with Crippen molar-refractivity contribution >= 4 is 0 Å². The second-order valence-corrected chi connectivity index (χ2v) is 5.86. The maximum Gasteiger partial charge on any atom is 0.107 e. The number of hydrogen-bond donors (Lipinski definition) is 1. The van der Waals surface area contributed by atoms with Crippen LogP contribution in [0.5, 0.6) is 0 Å². The molecule has 3 unspecified atom stereocenters. The van der Waals surface area contributed by atoms with Crippen LogP contribution >= 0.6 is 0 Å². The van der Waals surface area contributed by atoms with E-state index in [0.29, 0.717) is 12.0 Å². The molecule has 2 heteroatoms. The van der Waals surface area contributed by atoms with E-state index < -0.39 is 0 Å². The second kappa shape index (κ2) is 5.72. The van der Waals surface area contributed by atoms with E-state index in [9.17, 15) is 0 Å². The summed E-state index contributed by atoms with van der Waals surface area (Å²) in [4.78, 5) is 0. The van der Waals surface area contributed by atoms with Gasteiger partial charge in [-0.25, -0.2) is 0 Å². The van der Waals surface area contributed by atoms with Crippen molar-refractivity contribution in [2.45, 2.75) is 52.0 Å². The lowest BCUT2D eigenvalue weighted by atomic mass is 9.73. The molecule has 0 radical (unpaired) electrons. The lowest BCUT2D eigenvalue weighted by Crippen LogP contribution is -2.34. The van der Waals surface area contributed by atoms with Gasteiger partial charge in [-0.1, -0.05) is 27.2 Å². The van der Waals surface area contributed by atoms with Gasteiger partial charge >= 0.3 is 0 Å². The predicted octanol–water partition coefficient (Wildman–Crippen LogP) is 3.80. The monoisotopic (exact) mass is 235 g/mol. The molecule has 1 heterocycles. The van der Waals surface area contributed by atoms with Gasteiger partial charge in [0.25, 0.3) is 0 Å². The molecule has 1 aliphatic carbocycles. The molecule has 1 aromatic rings. The Morgan fingerprint density at radius 1 is 1.41 bits per heavy atom. The maximum atomic E-state index is 5.63. The van der Waals surface area contributed by atoms with E-state index in [1.54, 1.807) is 0 Å². The van der Waals surface area contributed by atoms with Crippen LogP contribution in [-0.2, 0) is 0 Å². The molecule has 1 saturated carbocycles. The van der Waals surface area contributed by atoms with E-state index in [-0.39, 0.29) is 0 Å². The summed E-state index contributed by atoms with van der Waals surface area (Å²) in [6.07, 6.45) is 5.77. The van der Waals surface area contributed by atoms with Gasteiger partial charge in [0, 0.05) is 12.0 Å². The van der Waals surface area contributed by atoms with Crippen LogP contribution in [0.3, 0.4) is 0 Å². The lowest BCUT2D eigenvalue weighted by Gasteiger charge is -2.34. The third kappa shape index (κ3) is 3.35. The average molecular weight is 235 g/mol. The molecule has 1 N–H and O–H groups in total. The third-order valence-corrected chi connectivity index (χ3v) is 3.95. The van der Waals surface area contributed by atoms with Crippen LogP contribution in [0.2, 0.25) is 0 Å². The molecule has 1 aliphatic rings. The summed E-state index contributed by atoms with van der Waals surface area (Å²) < 4.78 is 5.63. The van der Waals surface area contributed by atoms with E-state index >= 15 is 0 Å². The highest BCUT2D eigenvalue weighted by Crippen LogP contribution is 2.40. The van der Waals surface area contributed by atoms with Gasteiger partial charge in [-0.05, 0) is 43.4 Å². The number of hydrogen-bond acceptors (Lipinski definition) is 2. The van der Waals surface area contributed by atoms with Gasteiger partial charge in [0.15, 0.2) is 0 Å². The summed E-state index contributed by atoms with van der Waals surface area (Å²) in [6, 6.07) is 4.73. The Morgan fingerprint density at radius 2 is 2.24 bits per heavy atom. The lowest BCUT2D eigenvalue weighted by molar-refractivity contribution is 0.216. The van der Waals surface area contributed by atoms with Crippen molar-refractivity contribution in [2.24, 2.45) is 11.8 Å².